The summed E-state index contributed by atoms with van der Waals surface area (Å²) in [6.45, 7) is 3.63. The molecular weight excluding hydrogens is 616 g/mol. The number of methoxy groups -OCH3 is 1. The number of pyridine rings is 2. The molecule has 1 amide bonds. The molecule has 1 aliphatic rings. The molecule has 0 unspecified atom stereocenters. The molecule has 9 nitrogen and oxygen atoms in total. The summed E-state index contributed by atoms with van der Waals surface area (Å²) in [6.07, 6.45) is 5.20. The van der Waals surface area contributed by atoms with Gasteiger partial charge in [0.15, 0.2) is 0 Å². The Balaban J connectivity index is 1.34. The van der Waals surface area contributed by atoms with Crippen LogP contribution in [0.3, 0.4) is 0 Å². The molecule has 0 bridgehead atoms. The van der Waals surface area contributed by atoms with Crippen LogP contribution >= 0.6 is 22.9 Å². The van der Waals surface area contributed by atoms with Crippen LogP contribution in [0.1, 0.15) is 44.4 Å². The number of hydrogen-bond acceptors (Lipinski definition) is 6. The summed E-state index contributed by atoms with van der Waals surface area (Å²) in [7, 11) is 1.53. The Kier molecular flexibility index (Phi) is 8.07. The van der Waals surface area contributed by atoms with Crippen molar-refractivity contribution < 1.29 is 18.7 Å². The molecule has 0 N–H and O–H groups in total. The number of amides is 1. The lowest BCUT2D eigenvalue weighted by atomic mass is 10.00. The Morgan fingerprint density at radius 1 is 1.21 bits per heavy atom. The van der Waals surface area contributed by atoms with Gasteiger partial charge in [0.25, 0.3) is 11.5 Å². The first kappa shape index (κ1) is 27.0. The van der Waals surface area contributed by atoms with Crippen molar-refractivity contribution >= 4 is 28.8 Å². The van der Waals surface area contributed by atoms with E-state index in [9.17, 15) is 14.0 Å². The van der Waals surface area contributed by atoms with E-state index in [0.717, 1.165) is 11.3 Å². The van der Waals surface area contributed by atoms with Crippen molar-refractivity contribution in [3.63, 3.8) is 0 Å². The summed E-state index contributed by atoms with van der Waals surface area (Å²) >= 11 is 1.92. The highest BCUT2D eigenvalue weighted by Gasteiger charge is 2.31. The third kappa shape index (κ3) is 5.88. The molecule has 39 heavy (non-hydrogen) atoms. The monoisotopic (exact) mass is 643 g/mol. The van der Waals surface area contributed by atoms with Gasteiger partial charge in [-0.15, -0.1) is 0 Å². The van der Waals surface area contributed by atoms with E-state index < -0.39 is 5.82 Å². The molecule has 0 radical (unpaired) electrons. The van der Waals surface area contributed by atoms with E-state index in [1.807, 2.05) is 41.1 Å². The second-order valence-electron chi connectivity index (χ2n) is 9.36. The average Bonchev–Trinajstić information content (AvgIpc) is 3.30. The smallest absolute Gasteiger partial charge is 0.266 e. The average molecular weight is 643 g/mol. The first-order chi connectivity index (χ1) is 18.8. The number of nitrogens with zero attached hydrogens (tertiary/aromatic N) is 5. The zero-order valence-corrected chi connectivity index (χ0v) is 23.7. The normalized spacial score (nSPS) is 13.2. The fraction of sp³-hybridized carbons (Fsp3) is 0.286. The van der Waals surface area contributed by atoms with E-state index in [4.69, 9.17) is 14.6 Å². The quantitative estimate of drug-likeness (QED) is 0.202. The second kappa shape index (κ2) is 11.7. The number of ether oxygens (including phenoxy) is 2. The van der Waals surface area contributed by atoms with Gasteiger partial charge in [0, 0.05) is 30.2 Å². The molecule has 4 aromatic rings. The van der Waals surface area contributed by atoms with Crippen LogP contribution in [-0.4, -0.2) is 48.7 Å². The SMILES string of the molecule is COc1ccc(F)c(CN(I)C(=O)c2cn(Cc3ccc(Cn4ccccc4=O)cn3)nc2C2COC2)c1C. The lowest BCUT2D eigenvalue weighted by molar-refractivity contribution is 0.00615. The number of aromatic nitrogens is 4. The lowest BCUT2D eigenvalue weighted by Gasteiger charge is -2.25. The molecule has 11 heteroatoms. The number of hydrogen-bond donors (Lipinski definition) is 0. The maximum Gasteiger partial charge on any atom is 0.266 e. The van der Waals surface area contributed by atoms with Gasteiger partial charge in [-0.1, -0.05) is 12.1 Å². The summed E-state index contributed by atoms with van der Waals surface area (Å²) in [5.41, 5.74) is 3.77. The van der Waals surface area contributed by atoms with Crippen LogP contribution in [0.4, 0.5) is 4.39 Å². The predicted octanol–water partition coefficient (Wildman–Crippen LogP) is 4.10. The van der Waals surface area contributed by atoms with Crippen molar-refractivity contribution in [2.24, 2.45) is 0 Å². The summed E-state index contributed by atoms with van der Waals surface area (Å²) in [4.78, 5) is 30.1. The minimum atomic E-state index is -0.391. The van der Waals surface area contributed by atoms with Crippen molar-refractivity contribution in [2.45, 2.75) is 32.5 Å². The van der Waals surface area contributed by atoms with Gasteiger partial charge < -0.3 is 14.0 Å². The molecule has 0 spiro atoms. The minimum Gasteiger partial charge on any atom is -0.496 e. The topological polar surface area (TPSA) is 91.5 Å². The summed E-state index contributed by atoms with van der Waals surface area (Å²) in [5.74, 6) is -0.0670. The van der Waals surface area contributed by atoms with E-state index in [1.165, 1.54) is 22.4 Å². The molecule has 4 heterocycles. The van der Waals surface area contributed by atoms with Crippen molar-refractivity contribution in [2.75, 3.05) is 20.3 Å². The standard InChI is InChI=1S/C28H27FIN5O4/c1-18-22(24(29)8-9-25(18)38-2)15-35(30)28(37)23-14-34(32-27(23)20-16-39-17-20)13-21-7-6-19(11-31-21)12-33-10-4-3-5-26(33)36/h3-11,14,20H,12-13,15-17H2,1-2H3. The number of carbonyl (C=O) groups is 1. The molecule has 0 saturated carbocycles. The Labute approximate surface area is 238 Å². The van der Waals surface area contributed by atoms with Crippen molar-refractivity contribution in [3.05, 3.63) is 111 Å². The van der Waals surface area contributed by atoms with Crippen LogP contribution in [0, 0.1) is 12.7 Å². The molecule has 202 valence electrons. The van der Waals surface area contributed by atoms with Gasteiger partial charge in [-0.25, -0.2) is 4.39 Å². The minimum absolute atomic E-state index is 0.0183. The molecule has 5 rings (SSSR count). The number of halogens is 2. The molecule has 1 saturated heterocycles. The van der Waals surface area contributed by atoms with E-state index in [0.29, 0.717) is 54.4 Å². The highest BCUT2D eigenvalue weighted by molar-refractivity contribution is 14.1. The van der Waals surface area contributed by atoms with E-state index in [1.54, 1.807) is 46.9 Å². The Morgan fingerprint density at radius 2 is 2.03 bits per heavy atom. The van der Waals surface area contributed by atoms with Crippen molar-refractivity contribution in [1.29, 1.82) is 0 Å². The van der Waals surface area contributed by atoms with E-state index >= 15 is 0 Å². The summed E-state index contributed by atoms with van der Waals surface area (Å²) in [5, 5.41) is 4.71. The molecular formula is C28H27FIN5O4. The van der Waals surface area contributed by atoms with Gasteiger partial charge in [-0.05, 0) is 42.3 Å². The molecule has 1 aromatic carbocycles. The Bertz CT molecular complexity index is 1550. The molecule has 0 atom stereocenters. The van der Waals surface area contributed by atoms with Crippen LogP contribution in [0.2, 0.25) is 0 Å². The molecule has 0 aliphatic carbocycles. The Hall–Kier alpha value is -3.58. The fourth-order valence-corrected chi connectivity index (χ4v) is 5.03. The van der Waals surface area contributed by atoms with Gasteiger partial charge in [-0.2, -0.15) is 5.10 Å². The van der Waals surface area contributed by atoms with Gasteiger partial charge in [-0.3, -0.25) is 22.4 Å². The van der Waals surface area contributed by atoms with Crippen molar-refractivity contribution in [1.82, 2.24) is 22.4 Å². The van der Waals surface area contributed by atoms with Gasteiger partial charge in [0.05, 0.1) is 85.7 Å². The maximum atomic E-state index is 14.6. The maximum absolute atomic E-state index is 14.6. The first-order valence-electron chi connectivity index (χ1n) is 12.4. The predicted molar refractivity (Wildman–Crippen MR) is 151 cm³/mol. The summed E-state index contributed by atoms with van der Waals surface area (Å²) < 4.78 is 30.1. The van der Waals surface area contributed by atoms with Gasteiger partial charge >= 0.3 is 0 Å². The fourth-order valence-electron chi connectivity index (χ4n) is 4.43. The van der Waals surface area contributed by atoms with Crippen LogP contribution in [0.5, 0.6) is 5.75 Å². The molecule has 1 aliphatic heterocycles. The highest BCUT2D eigenvalue weighted by atomic mass is 127. The lowest BCUT2D eigenvalue weighted by Crippen LogP contribution is -2.29. The first-order valence-corrected chi connectivity index (χ1v) is 13.3. The highest BCUT2D eigenvalue weighted by Crippen LogP contribution is 2.30. The van der Waals surface area contributed by atoms with E-state index in [-0.39, 0.29) is 23.9 Å². The third-order valence-electron chi connectivity index (χ3n) is 6.74. The zero-order chi connectivity index (χ0) is 27.5. The number of carbonyl (C=O) groups excluding carboxylic acids is 1. The van der Waals surface area contributed by atoms with Crippen LogP contribution < -0.4 is 10.3 Å². The van der Waals surface area contributed by atoms with Crippen molar-refractivity contribution in [3.8, 4) is 5.75 Å². The second-order valence-corrected chi connectivity index (χ2v) is 10.5. The van der Waals surface area contributed by atoms with Gasteiger partial charge in [0.2, 0.25) is 0 Å². The van der Waals surface area contributed by atoms with Crippen LogP contribution in [-0.2, 0) is 24.4 Å². The third-order valence-corrected chi connectivity index (χ3v) is 7.52. The molecule has 3 aromatic heterocycles. The molecule has 1 fully saturated rings. The largest absolute Gasteiger partial charge is 0.496 e. The van der Waals surface area contributed by atoms with Crippen LogP contribution in [0.15, 0.2) is 65.8 Å². The zero-order valence-electron chi connectivity index (χ0n) is 21.5. The number of rotatable bonds is 9. The summed E-state index contributed by atoms with van der Waals surface area (Å²) in [6, 6.07) is 11.8. The van der Waals surface area contributed by atoms with Crippen LogP contribution in [0.25, 0.3) is 0 Å². The van der Waals surface area contributed by atoms with Gasteiger partial charge in [0.1, 0.15) is 11.6 Å². The number of benzene rings is 1. The van der Waals surface area contributed by atoms with E-state index in [2.05, 4.69) is 4.98 Å². The Morgan fingerprint density at radius 3 is 2.69 bits per heavy atom.